The third kappa shape index (κ3) is 2.82. The predicted octanol–water partition coefficient (Wildman–Crippen LogP) is 4.92. The van der Waals surface area contributed by atoms with Crippen molar-refractivity contribution in [2.75, 3.05) is 0 Å². The third-order valence-electron chi connectivity index (χ3n) is 2.86. The normalized spacial score (nSPS) is 13.6. The summed E-state index contributed by atoms with van der Waals surface area (Å²) in [6.45, 7) is 1.78. The number of hydrogen-bond donors (Lipinski definition) is 1. The van der Waals surface area contributed by atoms with Crippen LogP contribution in [0.2, 0.25) is 5.02 Å². The highest BCUT2D eigenvalue weighted by atomic mass is 35.5. The lowest BCUT2D eigenvalue weighted by Crippen LogP contribution is -2.14. The minimum absolute atomic E-state index is 0.169. The van der Waals surface area contributed by atoms with Gasteiger partial charge >= 0.3 is 6.18 Å². The molecule has 0 aliphatic rings. The van der Waals surface area contributed by atoms with E-state index in [9.17, 15) is 17.6 Å². The van der Waals surface area contributed by atoms with Gasteiger partial charge in [-0.3, -0.25) is 0 Å². The Bertz CT molecular complexity index is 636. The Morgan fingerprint density at radius 3 is 2.45 bits per heavy atom. The largest absolute Gasteiger partial charge is 0.419 e. The van der Waals surface area contributed by atoms with Gasteiger partial charge in [-0.05, 0) is 35.6 Å². The molecule has 0 bridgehead atoms. The molecule has 0 aliphatic heterocycles. The lowest BCUT2D eigenvalue weighted by Gasteiger charge is -2.14. The molecular weight excluding hydrogens is 314 g/mol. The van der Waals surface area contributed by atoms with E-state index < -0.39 is 23.6 Å². The molecule has 0 fully saturated rings. The summed E-state index contributed by atoms with van der Waals surface area (Å²) in [5.41, 5.74) is 5.58. The summed E-state index contributed by atoms with van der Waals surface area (Å²) >= 11 is 7.31. The Morgan fingerprint density at radius 2 is 1.95 bits per heavy atom. The number of thiophene rings is 1. The minimum atomic E-state index is -4.75. The van der Waals surface area contributed by atoms with Crippen molar-refractivity contribution in [3.8, 4) is 0 Å². The fraction of sp³-hybridized carbons (Fsp3) is 0.231. The average Bonchev–Trinajstić information content (AvgIpc) is 2.68. The van der Waals surface area contributed by atoms with E-state index in [0.717, 1.165) is 17.7 Å². The number of hydrogen-bond acceptors (Lipinski definition) is 2. The summed E-state index contributed by atoms with van der Waals surface area (Å²) in [5, 5.41) is 2.20. The Hall–Kier alpha value is -1.11. The van der Waals surface area contributed by atoms with Crippen LogP contribution in [-0.4, -0.2) is 0 Å². The van der Waals surface area contributed by atoms with Gasteiger partial charge in [0.25, 0.3) is 0 Å². The van der Waals surface area contributed by atoms with Crippen LogP contribution >= 0.6 is 22.9 Å². The second-order valence-electron chi connectivity index (χ2n) is 4.31. The van der Waals surface area contributed by atoms with E-state index in [1.165, 1.54) is 17.4 Å². The highest BCUT2D eigenvalue weighted by Gasteiger charge is 2.34. The molecule has 2 N–H and O–H groups in total. The number of halogens is 5. The van der Waals surface area contributed by atoms with E-state index >= 15 is 0 Å². The lowest BCUT2D eigenvalue weighted by molar-refractivity contribution is -0.140. The van der Waals surface area contributed by atoms with E-state index in [1.807, 2.05) is 0 Å². The molecule has 0 spiro atoms. The van der Waals surface area contributed by atoms with Crippen molar-refractivity contribution in [2.45, 2.75) is 19.1 Å². The van der Waals surface area contributed by atoms with E-state index in [4.69, 9.17) is 17.3 Å². The van der Waals surface area contributed by atoms with Crippen LogP contribution in [0, 0.1) is 12.7 Å². The van der Waals surface area contributed by atoms with Crippen LogP contribution in [-0.2, 0) is 6.18 Å². The van der Waals surface area contributed by atoms with Crippen molar-refractivity contribution in [2.24, 2.45) is 5.73 Å². The SMILES string of the molecule is Cc1csc(C(N)c2ccc(F)c(C(F)(F)F)c2)c1Cl. The van der Waals surface area contributed by atoms with Crippen LogP contribution in [0.5, 0.6) is 0 Å². The van der Waals surface area contributed by atoms with Gasteiger partial charge in [-0.1, -0.05) is 17.7 Å². The summed E-state index contributed by atoms with van der Waals surface area (Å²) in [7, 11) is 0. The van der Waals surface area contributed by atoms with Crippen molar-refractivity contribution in [3.05, 3.63) is 56.0 Å². The zero-order valence-corrected chi connectivity index (χ0v) is 11.8. The number of aryl methyl sites for hydroxylation is 1. The van der Waals surface area contributed by atoms with Crippen LogP contribution in [0.25, 0.3) is 0 Å². The van der Waals surface area contributed by atoms with E-state index in [2.05, 4.69) is 0 Å². The third-order valence-corrected chi connectivity index (χ3v) is 4.66. The highest BCUT2D eigenvalue weighted by molar-refractivity contribution is 7.10. The van der Waals surface area contributed by atoms with E-state index in [1.54, 1.807) is 12.3 Å². The van der Waals surface area contributed by atoms with Gasteiger partial charge in [-0.15, -0.1) is 11.3 Å². The molecular formula is C13H10ClF4NS. The molecule has 2 rings (SSSR count). The van der Waals surface area contributed by atoms with Crippen molar-refractivity contribution >= 4 is 22.9 Å². The molecule has 108 valence electrons. The van der Waals surface area contributed by atoms with Gasteiger partial charge in [0.2, 0.25) is 0 Å². The number of benzene rings is 1. The second-order valence-corrected chi connectivity index (χ2v) is 5.60. The summed E-state index contributed by atoms with van der Waals surface area (Å²) in [6.07, 6.45) is -4.75. The van der Waals surface area contributed by atoms with Crippen molar-refractivity contribution in [3.63, 3.8) is 0 Å². The fourth-order valence-corrected chi connectivity index (χ4v) is 3.10. The van der Waals surface area contributed by atoms with Crippen molar-refractivity contribution in [1.82, 2.24) is 0 Å². The van der Waals surface area contributed by atoms with Crippen LogP contribution in [0.3, 0.4) is 0 Å². The van der Waals surface area contributed by atoms with E-state index in [0.29, 0.717) is 9.90 Å². The number of alkyl halides is 3. The first-order chi connectivity index (χ1) is 9.21. The molecule has 1 nitrogen and oxygen atoms in total. The first-order valence-corrected chi connectivity index (χ1v) is 6.83. The quantitative estimate of drug-likeness (QED) is 0.780. The Kier molecular flexibility index (Phi) is 4.09. The molecule has 20 heavy (non-hydrogen) atoms. The standard InChI is InChI=1S/C13H10ClF4NS/c1-6-5-20-12(10(6)14)11(19)7-2-3-9(15)8(4-7)13(16,17)18/h2-5,11H,19H2,1H3. The van der Waals surface area contributed by atoms with E-state index in [-0.39, 0.29) is 5.56 Å². The van der Waals surface area contributed by atoms with Gasteiger partial charge in [-0.2, -0.15) is 13.2 Å². The van der Waals surface area contributed by atoms with Crippen molar-refractivity contribution in [1.29, 1.82) is 0 Å². The molecule has 1 heterocycles. The van der Waals surface area contributed by atoms with Crippen LogP contribution < -0.4 is 5.73 Å². The Labute approximate surface area is 122 Å². The summed E-state index contributed by atoms with van der Waals surface area (Å²) in [6, 6.07) is 1.92. The zero-order chi connectivity index (χ0) is 15.1. The smallest absolute Gasteiger partial charge is 0.320 e. The topological polar surface area (TPSA) is 26.0 Å². The maximum Gasteiger partial charge on any atom is 0.419 e. The monoisotopic (exact) mass is 323 g/mol. The molecule has 0 amide bonds. The Balaban J connectivity index is 2.46. The minimum Gasteiger partial charge on any atom is -0.320 e. The molecule has 1 atom stereocenters. The van der Waals surface area contributed by atoms with Gasteiger partial charge in [0.05, 0.1) is 16.6 Å². The van der Waals surface area contributed by atoms with Gasteiger partial charge < -0.3 is 5.73 Å². The average molecular weight is 324 g/mol. The molecule has 7 heteroatoms. The van der Waals surface area contributed by atoms with Gasteiger partial charge in [0.1, 0.15) is 5.82 Å². The second kappa shape index (κ2) is 5.35. The molecule has 0 radical (unpaired) electrons. The molecule has 0 saturated carbocycles. The van der Waals surface area contributed by atoms with Crippen LogP contribution in [0.4, 0.5) is 17.6 Å². The zero-order valence-electron chi connectivity index (χ0n) is 10.3. The summed E-state index contributed by atoms with van der Waals surface area (Å²) in [5.74, 6) is -1.32. The summed E-state index contributed by atoms with van der Waals surface area (Å²) in [4.78, 5) is 0.559. The van der Waals surface area contributed by atoms with Gasteiger partial charge in [-0.25, -0.2) is 4.39 Å². The summed E-state index contributed by atoms with van der Waals surface area (Å²) < 4.78 is 51.3. The molecule has 1 aromatic carbocycles. The maximum atomic E-state index is 13.2. The number of nitrogens with two attached hydrogens (primary N) is 1. The molecule has 2 aromatic rings. The Morgan fingerprint density at radius 1 is 1.30 bits per heavy atom. The lowest BCUT2D eigenvalue weighted by atomic mass is 10.0. The van der Waals surface area contributed by atoms with Crippen LogP contribution in [0.1, 0.15) is 27.6 Å². The maximum absolute atomic E-state index is 13.2. The molecule has 0 saturated heterocycles. The molecule has 0 aliphatic carbocycles. The first kappa shape index (κ1) is 15.3. The molecule has 1 aromatic heterocycles. The van der Waals surface area contributed by atoms with Crippen LogP contribution in [0.15, 0.2) is 23.6 Å². The highest BCUT2D eigenvalue weighted by Crippen LogP contribution is 2.37. The van der Waals surface area contributed by atoms with Gasteiger partial charge in [0.15, 0.2) is 0 Å². The predicted molar refractivity (Wildman–Crippen MR) is 71.5 cm³/mol. The first-order valence-electron chi connectivity index (χ1n) is 5.57. The van der Waals surface area contributed by atoms with Gasteiger partial charge in [0, 0.05) is 4.88 Å². The molecule has 1 unspecified atom stereocenters. The fourth-order valence-electron chi connectivity index (χ4n) is 1.76. The number of rotatable bonds is 2. The van der Waals surface area contributed by atoms with Crippen molar-refractivity contribution < 1.29 is 17.6 Å².